The molecule has 0 heteroatoms. The fourth-order valence-corrected chi connectivity index (χ4v) is 12.1. The highest BCUT2D eigenvalue weighted by molar-refractivity contribution is 5.99. The summed E-state index contributed by atoms with van der Waals surface area (Å²) in [6.07, 6.45) is 0. The minimum absolute atomic E-state index is 0.00177. The van der Waals surface area contributed by atoms with Gasteiger partial charge in [0.2, 0.25) is 0 Å². The van der Waals surface area contributed by atoms with Gasteiger partial charge in [-0.2, -0.15) is 0 Å². The molecule has 0 spiro atoms. The van der Waals surface area contributed by atoms with Crippen LogP contribution in [0.25, 0.3) is 55.6 Å². The highest BCUT2D eigenvalue weighted by Gasteiger charge is 2.42. The number of hydrogen-bond acceptors (Lipinski definition) is 0. The molecule has 66 heavy (non-hydrogen) atoms. The lowest BCUT2D eigenvalue weighted by Crippen LogP contribution is -2.19. The van der Waals surface area contributed by atoms with Gasteiger partial charge in [0.1, 0.15) is 0 Å². The minimum Gasteiger partial charge on any atom is -0.0579 e. The number of hydrogen-bond donors (Lipinski definition) is 0. The Morgan fingerprint density at radius 1 is 0.258 bits per heavy atom. The molecule has 0 atom stereocenters. The molecule has 2 aliphatic rings. The summed E-state index contributed by atoms with van der Waals surface area (Å²) in [5, 5.41) is 0. The average molecular weight is 875 g/mol. The first-order valence-electron chi connectivity index (χ1n) is 25.0. The summed E-state index contributed by atoms with van der Waals surface area (Å²) in [5.74, 6) is 0. The van der Waals surface area contributed by atoms with Gasteiger partial charge >= 0.3 is 0 Å². The quantitative estimate of drug-likeness (QED) is 0.166. The molecule has 6 aromatic carbocycles. The molecule has 6 aromatic rings. The van der Waals surface area contributed by atoms with E-state index in [0.29, 0.717) is 0 Å². The van der Waals surface area contributed by atoms with Gasteiger partial charge in [0.25, 0.3) is 0 Å². The monoisotopic (exact) mass is 875 g/mol. The summed E-state index contributed by atoms with van der Waals surface area (Å²) in [6, 6.07) is 24.9. The van der Waals surface area contributed by atoms with Crippen LogP contribution in [0.5, 0.6) is 0 Å². The van der Waals surface area contributed by atoms with Crippen LogP contribution in [0.2, 0.25) is 0 Å². The van der Waals surface area contributed by atoms with Crippen molar-refractivity contribution in [3.05, 3.63) is 150 Å². The van der Waals surface area contributed by atoms with Gasteiger partial charge in [-0.1, -0.05) is 159 Å². The fraction of sp³-hybridized carbons (Fsp3) is 0.455. The van der Waals surface area contributed by atoms with Crippen molar-refractivity contribution in [3.63, 3.8) is 0 Å². The maximum absolute atomic E-state index is 2.56. The van der Waals surface area contributed by atoms with E-state index in [1.54, 1.807) is 0 Å². The zero-order valence-corrected chi connectivity index (χ0v) is 45.8. The second kappa shape index (κ2) is 14.9. The second-order valence-corrected chi connectivity index (χ2v) is 26.2. The SMILES string of the molecule is Cc1c(C)c(-c2c(C)c(C)c(-c3cc(C(C)(C)C)cc4c3-c3ccc(C(C)(C)C)cc3C4(C)C)c(C)c2C)c(C)c(C)c1-c1cc(C(C)(C)C)cc2c1-c1ccc(C(C)(C)C)cc1C2(C)C. The van der Waals surface area contributed by atoms with E-state index in [4.69, 9.17) is 0 Å². The van der Waals surface area contributed by atoms with Crippen molar-refractivity contribution < 1.29 is 0 Å². The molecular formula is C66H82. The van der Waals surface area contributed by atoms with Gasteiger partial charge in [-0.25, -0.2) is 0 Å². The lowest BCUT2D eigenvalue weighted by Gasteiger charge is -2.30. The Kier molecular flexibility index (Phi) is 10.8. The van der Waals surface area contributed by atoms with Crippen LogP contribution in [0.3, 0.4) is 0 Å². The van der Waals surface area contributed by atoms with Gasteiger partial charge in [-0.3, -0.25) is 0 Å². The Bertz CT molecular complexity index is 2780. The maximum Gasteiger partial charge on any atom is 0.0159 e. The molecule has 0 N–H and O–H groups in total. The van der Waals surface area contributed by atoms with E-state index in [1.165, 1.54) is 145 Å². The first-order chi connectivity index (χ1) is 30.1. The van der Waals surface area contributed by atoms with Crippen LogP contribution in [-0.2, 0) is 32.5 Å². The van der Waals surface area contributed by atoms with E-state index in [0.717, 1.165) is 0 Å². The molecule has 0 fully saturated rings. The summed E-state index contributed by atoms with van der Waals surface area (Å²) in [7, 11) is 0. The zero-order valence-electron chi connectivity index (χ0n) is 45.8. The standard InChI is InChI=1S/C66H82/c1-35-39(5)57(40(6)36(2)55(35)49-29-45(63(15,16)17)33-53-59(49)47-27-25-43(61(9,10)11)31-51(47)65(53,21)22)58-41(7)37(3)56(38(4)42(58)8)50-30-46(64(18,19)20)34-54-60(50)48-28-26-44(62(12,13)14)32-52(48)66(54,23)24/h25-34H,1-24H3. The van der Waals surface area contributed by atoms with Crippen molar-refractivity contribution in [2.75, 3.05) is 0 Å². The van der Waals surface area contributed by atoms with Gasteiger partial charge in [-0.15, -0.1) is 0 Å². The van der Waals surface area contributed by atoms with E-state index in [9.17, 15) is 0 Å². The third kappa shape index (κ3) is 7.04. The summed E-state index contributed by atoms with van der Waals surface area (Å²) in [6.45, 7) is 57.4. The maximum atomic E-state index is 2.56. The van der Waals surface area contributed by atoms with Crippen molar-refractivity contribution in [3.8, 4) is 55.6 Å². The Morgan fingerprint density at radius 3 is 0.758 bits per heavy atom. The van der Waals surface area contributed by atoms with Crippen molar-refractivity contribution in [1.29, 1.82) is 0 Å². The third-order valence-electron chi connectivity index (χ3n) is 17.1. The van der Waals surface area contributed by atoms with Crippen LogP contribution >= 0.6 is 0 Å². The summed E-state index contributed by atoms with van der Waals surface area (Å²) in [5.41, 5.74) is 36.6. The highest BCUT2D eigenvalue weighted by atomic mass is 14.4. The molecule has 0 aliphatic heterocycles. The molecule has 346 valence electrons. The lowest BCUT2D eigenvalue weighted by atomic mass is 9.74. The number of rotatable bonds is 3. The largest absolute Gasteiger partial charge is 0.0579 e. The number of benzene rings is 6. The molecule has 0 saturated heterocycles. The molecule has 0 amide bonds. The Labute approximate surface area is 402 Å². The molecule has 0 radical (unpaired) electrons. The molecule has 0 heterocycles. The van der Waals surface area contributed by atoms with Crippen LogP contribution in [0.1, 0.15) is 200 Å². The van der Waals surface area contributed by atoms with Crippen molar-refractivity contribution >= 4 is 0 Å². The highest BCUT2D eigenvalue weighted by Crippen LogP contribution is 2.58. The molecule has 0 nitrogen and oxygen atoms in total. The van der Waals surface area contributed by atoms with E-state index in [2.05, 4.69) is 227 Å². The summed E-state index contributed by atoms with van der Waals surface area (Å²) in [4.78, 5) is 0. The molecule has 0 aromatic heterocycles. The van der Waals surface area contributed by atoms with Crippen LogP contribution < -0.4 is 0 Å². The van der Waals surface area contributed by atoms with Gasteiger partial charge in [-0.05, 0) is 234 Å². The zero-order chi connectivity index (χ0) is 49.1. The van der Waals surface area contributed by atoms with Gasteiger partial charge < -0.3 is 0 Å². The van der Waals surface area contributed by atoms with Gasteiger partial charge in [0, 0.05) is 10.8 Å². The molecular weight excluding hydrogens is 793 g/mol. The van der Waals surface area contributed by atoms with Crippen molar-refractivity contribution in [2.45, 2.75) is 199 Å². The Balaban J connectivity index is 1.38. The van der Waals surface area contributed by atoms with E-state index >= 15 is 0 Å². The lowest BCUT2D eigenvalue weighted by molar-refractivity contribution is 0.579. The van der Waals surface area contributed by atoms with Crippen molar-refractivity contribution in [2.24, 2.45) is 0 Å². The van der Waals surface area contributed by atoms with E-state index in [1.807, 2.05) is 0 Å². The predicted molar refractivity (Wildman–Crippen MR) is 291 cm³/mol. The Morgan fingerprint density at radius 2 is 0.500 bits per heavy atom. The average Bonchev–Trinajstić information content (AvgIpc) is 3.58. The molecule has 0 unspecified atom stereocenters. The molecule has 8 rings (SSSR count). The minimum atomic E-state index is -0.113. The van der Waals surface area contributed by atoms with E-state index < -0.39 is 0 Å². The second-order valence-electron chi connectivity index (χ2n) is 26.2. The van der Waals surface area contributed by atoms with Crippen LogP contribution in [-0.4, -0.2) is 0 Å². The van der Waals surface area contributed by atoms with Gasteiger partial charge in [0.05, 0.1) is 0 Å². The molecule has 0 saturated carbocycles. The van der Waals surface area contributed by atoms with E-state index in [-0.39, 0.29) is 32.5 Å². The first-order valence-corrected chi connectivity index (χ1v) is 25.0. The van der Waals surface area contributed by atoms with Crippen LogP contribution in [0.15, 0.2) is 60.7 Å². The van der Waals surface area contributed by atoms with Crippen LogP contribution in [0, 0.1) is 55.4 Å². The predicted octanol–water partition coefficient (Wildman–Crippen LogP) is 19.0. The smallest absolute Gasteiger partial charge is 0.0159 e. The number of fused-ring (bicyclic) bond motifs is 6. The topological polar surface area (TPSA) is 0 Å². The molecule has 2 aliphatic carbocycles. The first kappa shape index (κ1) is 47.8. The third-order valence-corrected chi connectivity index (χ3v) is 17.1. The van der Waals surface area contributed by atoms with Crippen LogP contribution in [0.4, 0.5) is 0 Å². The summed E-state index contributed by atoms with van der Waals surface area (Å²) >= 11 is 0. The normalized spacial score (nSPS) is 15.2. The van der Waals surface area contributed by atoms with Gasteiger partial charge in [0.15, 0.2) is 0 Å². The summed E-state index contributed by atoms with van der Waals surface area (Å²) < 4.78 is 0. The van der Waals surface area contributed by atoms with Crippen molar-refractivity contribution in [1.82, 2.24) is 0 Å². The Hall–Kier alpha value is -4.68. The fourth-order valence-electron chi connectivity index (χ4n) is 12.1. The molecule has 0 bridgehead atoms.